The molecule has 0 aromatic heterocycles. The first kappa shape index (κ1) is 27.0. The highest BCUT2D eigenvalue weighted by molar-refractivity contribution is 7.91. The Balaban J connectivity index is 1.18. The van der Waals surface area contributed by atoms with E-state index in [-0.39, 0.29) is 42.9 Å². The second kappa shape index (κ2) is 10.2. The number of nitriles is 1. The van der Waals surface area contributed by atoms with Crippen LogP contribution in [0.5, 0.6) is 5.75 Å². The Hall–Kier alpha value is -3.56. The van der Waals surface area contributed by atoms with E-state index in [2.05, 4.69) is 11.0 Å². The van der Waals surface area contributed by atoms with E-state index in [0.29, 0.717) is 38.0 Å². The summed E-state index contributed by atoms with van der Waals surface area (Å²) < 4.78 is 58.2. The second-order valence-corrected chi connectivity index (χ2v) is 12.5. The van der Waals surface area contributed by atoms with Crippen molar-refractivity contribution in [3.8, 4) is 11.8 Å². The number of carbonyl (C=O) groups is 2. The van der Waals surface area contributed by atoms with Crippen LogP contribution in [0.4, 0.5) is 14.5 Å². The van der Waals surface area contributed by atoms with Gasteiger partial charge in [-0.25, -0.2) is 17.2 Å². The van der Waals surface area contributed by atoms with Crippen LogP contribution in [-0.2, 0) is 20.0 Å². The molecule has 0 saturated carbocycles. The van der Waals surface area contributed by atoms with Crippen molar-refractivity contribution in [1.29, 1.82) is 5.26 Å². The number of benzene rings is 2. The molecular weight excluding hydrogens is 530 g/mol. The van der Waals surface area contributed by atoms with Crippen LogP contribution in [0.3, 0.4) is 0 Å². The molecular formula is C27H28F2N4O5S. The lowest BCUT2D eigenvalue weighted by atomic mass is 9.73. The molecule has 3 aliphatic rings. The number of halogens is 2. The number of sulfone groups is 1. The molecule has 12 heteroatoms. The minimum atomic E-state index is -3.24. The Morgan fingerprint density at radius 2 is 1.72 bits per heavy atom. The van der Waals surface area contributed by atoms with Crippen LogP contribution in [-0.4, -0.2) is 87.9 Å². The fourth-order valence-electron chi connectivity index (χ4n) is 5.67. The lowest BCUT2D eigenvalue weighted by Gasteiger charge is -2.38. The minimum Gasteiger partial charge on any atom is -0.492 e. The Morgan fingerprint density at radius 1 is 1.08 bits per heavy atom. The third kappa shape index (κ3) is 4.96. The van der Waals surface area contributed by atoms with Gasteiger partial charge in [0.05, 0.1) is 28.6 Å². The molecule has 2 aromatic carbocycles. The molecule has 3 heterocycles. The zero-order chi connectivity index (χ0) is 27.9. The molecule has 3 aliphatic heterocycles. The lowest BCUT2D eigenvalue weighted by molar-refractivity contribution is -0.124. The summed E-state index contributed by atoms with van der Waals surface area (Å²) in [6, 6.07) is 9.39. The maximum atomic E-state index is 14.7. The standard InChI is InChI=1S/C27H28F2N4O5S/c1-31-23-3-2-18(17-30)14-20(23)27(26(31)35)4-6-32(7-5-27)8-11-38-19-15-21(28)24(22(29)16-19)25(34)33-9-12-39(36,37)13-10-33/h2-3,14-16H,4-13H2,1H3. The van der Waals surface area contributed by atoms with Gasteiger partial charge >= 0.3 is 0 Å². The molecule has 0 N–H and O–H groups in total. The third-order valence-corrected chi connectivity index (χ3v) is 9.57. The third-order valence-electron chi connectivity index (χ3n) is 7.96. The summed E-state index contributed by atoms with van der Waals surface area (Å²) in [5, 5.41) is 9.32. The number of fused-ring (bicyclic) bond motifs is 2. The van der Waals surface area contributed by atoms with Crippen molar-refractivity contribution in [1.82, 2.24) is 9.80 Å². The minimum absolute atomic E-state index is 0.0234. The van der Waals surface area contributed by atoms with Gasteiger partial charge in [-0.3, -0.25) is 14.5 Å². The number of hydrogen-bond donors (Lipinski definition) is 0. The highest BCUT2D eigenvalue weighted by Crippen LogP contribution is 2.47. The molecule has 0 bridgehead atoms. The second-order valence-electron chi connectivity index (χ2n) is 10.2. The van der Waals surface area contributed by atoms with E-state index in [1.165, 1.54) is 0 Å². The zero-order valence-corrected chi connectivity index (χ0v) is 22.3. The van der Waals surface area contributed by atoms with Crippen LogP contribution in [0.2, 0.25) is 0 Å². The van der Waals surface area contributed by atoms with Crippen molar-refractivity contribution in [3.05, 3.63) is 58.7 Å². The first-order valence-electron chi connectivity index (χ1n) is 12.7. The van der Waals surface area contributed by atoms with Crippen molar-refractivity contribution in [2.24, 2.45) is 0 Å². The highest BCUT2D eigenvalue weighted by atomic mass is 32.2. The summed E-state index contributed by atoms with van der Waals surface area (Å²) in [7, 11) is -1.50. The maximum Gasteiger partial charge on any atom is 0.259 e. The Kier molecular flexibility index (Phi) is 7.07. The monoisotopic (exact) mass is 558 g/mol. The van der Waals surface area contributed by atoms with E-state index in [1.54, 1.807) is 24.1 Å². The SMILES string of the molecule is CN1C(=O)C2(CCN(CCOc3cc(F)c(C(=O)N4CCS(=O)(=O)CC4)c(F)c3)CC2)c2cc(C#N)ccc21. The van der Waals surface area contributed by atoms with Crippen LogP contribution in [0.15, 0.2) is 30.3 Å². The molecule has 39 heavy (non-hydrogen) atoms. The van der Waals surface area contributed by atoms with Gasteiger partial charge in [-0.2, -0.15) is 5.26 Å². The number of nitrogens with zero attached hydrogens (tertiary/aromatic N) is 4. The van der Waals surface area contributed by atoms with Gasteiger partial charge in [0.25, 0.3) is 5.91 Å². The van der Waals surface area contributed by atoms with Crippen LogP contribution < -0.4 is 9.64 Å². The molecule has 1 spiro atoms. The largest absolute Gasteiger partial charge is 0.492 e. The molecule has 0 unspecified atom stereocenters. The highest BCUT2D eigenvalue weighted by Gasteiger charge is 2.51. The van der Waals surface area contributed by atoms with Crippen LogP contribution in [0.1, 0.15) is 34.3 Å². The van der Waals surface area contributed by atoms with Gasteiger partial charge in [0, 0.05) is 44.5 Å². The maximum absolute atomic E-state index is 14.7. The van der Waals surface area contributed by atoms with E-state index in [4.69, 9.17) is 4.74 Å². The molecule has 0 radical (unpaired) electrons. The number of carbonyl (C=O) groups excluding carboxylic acids is 2. The molecule has 2 saturated heterocycles. The van der Waals surface area contributed by atoms with Gasteiger partial charge in [0.1, 0.15) is 29.6 Å². The number of ether oxygens (including phenoxy) is 1. The average molecular weight is 559 g/mol. The first-order chi connectivity index (χ1) is 18.5. The van der Waals surface area contributed by atoms with Crippen LogP contribution in [0.25, 0.3) is 0 Å². The summed E-state index contributed by atoms with van der Waals surface area (Å²) in [5.41, 5.74) is 0.836. The van der Waals surface area contributed by atoms with E-state index in [9.17, 15) is 32.0 Å². The van der Waals surface area contributed by atoms with Gasteiger partial charge in [-0.1, -0.05) is 0 Å². The topological polar surface area (TPSA) is 111 Å². The number of hydrogen-bond acceptors (Lipinski definition) is 7. The summed E-state index contributed by atoms with van der Waals surface area (Å²) in [5.74, 6) is -3.52. The van der Waals surface area contributed by atoms with Crippen molar-refractivity contribution in [2.75, 3.05) is 62.8 Å². The number of anilines is 1. The predicted molar refractivity (Wildman–Crippen MR) is 138 cm³/mol. The van der Waals surface area contributed by atoms with Gasteiger partial charge in [0.2, 0.25) is 5.91 Å². The van der Waals surface area contributed by atoms with Crippen molar-refractivity contribution >= 4 is 27.3 Å². The molecule has 0 atom stereocenters. The molecule has 2 fully saturated rings. The van der Waals surface area contributed by atoms with E-state index in [0.717, 1.165) is 28.3 Å². The summed E-state index contributed by atoms with van der Waals surface area (Å²) in [4.78, 5) is 30.7. The van der Waals surface area contributed by atoms with Gasteiger partial charge < -0.3 is 14.5 Å². The van der Waals surface area contributed by atoms with E-state index in [1.807, 2.05) is 6.07 Å². The van der Waals surface area contributed by atoms with Crippen molar-refractivity contribution < 1.29 is 31.5 Å². The smallest absolute Gasteiger partial charge is 0.259 e. The van der Waals surface area contributed by atoms with Gasteiger partial charge in [-0.05, 0) is 49.7 Å². The summed E-state index contributed by atoms with van der Waals surface area (Å²) in [6.45, 7) is 1.62. The molecule has 9 nitrogen and oxygen atoms in total. The molecule has 2 aromatic rings. The fourth-order valence-corrected chi connectivity index (χ4v) is 6.87. The summed E-state index contributed by atoms with van der Waals surface area (Å²) in [6.07, 6.45) is 1.16. The van der Waals surface area contributed by atoms with E-state index < -0.39 is 38.4 Å². The first-order valence-corrected chi connectivity index (χ1v) is 14.5. The number of likely N-dealkylation sites (tertiary alicyclic amines) is 1. The fraction of sp³-hybridized carbons (Fsp3) is 0.444. The number of piperidine rings is 1. The Labute approximate surface area is 225 Å². The zero-order valence-electron chi connectivity index (χ0n) is 21.5. The summed E-state index contributed by atoms with van der Waals surface area (Å²) >= 11 is 0. The molecule has 206 valence electrons. The lowest BCUT2D eigenvalue weighted by Crippen LogP contribution is -2.48. The predicted octanol–water partition coefficient (Wildman–Crippen LogP) is 2.10. The van der Waals surface area contributed by atoms with Crippen LogP contribution >= 0.6 is 0 Å². The van der Waals surface area contributed by atoms with E-state index >= 15 is 0 Å². The van der Waals surface area contributed by atoms with Gasteiger partial charge in [0.15, 0.2) is 9.84 Å². The normalized spacial score (nSPS) is 20.1. The van der Waals surface area contributed by atoms with Crippen molar-refractivity contribution in [2.45, 2.75) is 18.3 Å². The van der Waals surface area contributed by atoms with Crippen LogP contribution in [0, 0.1) is 23.0 Å². The Morgan fingerprint density at radius 3 is 2.33 bits per heavy atom. The number of rotatable bonds is 5. The van der Waals surface area contributed by atoms with Crippen molar-refractivity contribution in [3.63, 3.8) is 0 Å². The number of amides is 2. The molecule has 5 rings (SSSR count). The average Bonchev–Trinajstić information content (AvgIpc) is 3.10. The number of likely N-dealkylation sites (N-methyl/N-ethyl adjacent to an activating group) is 1. The molecule has 0 aliphatic carbocycles. The van der Waals surface area contributed by atoms with Gasteiger partial charge in [-0.15, -0.1) is 0 Å². The molecule has 2 amide bonds. The Bertz CT molecular complexity index is 1440. The quantitative estimate of drug-likeness (QED) is 0.553.